The van der Waals surface area contributed by atoms with Gasteiger partial charge in [-0.05, 0) is 44.2 Å². The Kier molecular flexibility index (Phi) is 5.46. The Balaban J connectivity index is 1.35. The number of carbonyl (C=O) groups is 1. The Morgan fingerprint density at radius 2 is 2.19 bits per heavy atom. The molecule has 1 amide bonds. The van der Waals surface area contributed by atoms with Crippen LogP contribution in [0.15, 0.2) is 28.6 Å². The molecule has 0 spiro atoms. The molecule has 3 aliphatic rings. The number of nitrogens with one attached hydrogen (secondary N) is 1. The predicted octanol–water partition coefficient (Wildman–Crippen LogP) is 1.95. The van der Waals surface area contributed by atoms with Gasteiger partial charge >= 0.3 is 0 Å². The fourth-order valence-electron chi connectivity index (χ4n) is 4.77. The highest BCUT2D eigenvalue weighted by Gasteiger charge is 2.30. The summed E-state index contributed by atoms with van der Waals surface area (Å²) in [6, 6.07) is 5.58. The number of hydrogen-bond acceptors (Lipinski definition) is 6. The van der Waals surface area contributed by atoms with Crippen molar-refractivity contribution in [3.05, 3.63) is 56.8 Å². The van der Waals surface area contributed by atoms with Crippen LogP contribution < -0.4 is 15.0 Å². The molecule has 3 aliphatic heterocycles. The maximum Gasteiger partial charge on any atom is 0.255 e. The SMILES string of the molecule is COc1ccc2c(c1)C=C(C(=O)N1CCCC(c3nc4c(c(=O)[nH]3)CN(C)CC4)C1)CO2. The Labute approximate surface area is 186 Å². The third kappa shape index (κ3) is 3.90. The van der Waals surface area contributed by atoms with E-state index in [1.807, 2.05) is 36.2 Å². The first-order valence-corrected chi connectivity index (χ1v) is 11.1. The first-order valence-electron chi connectivity index (χ1n) is 11.1. The van der Waals surface area contributed by atoms with E-state index < -0.39 is 0 Å². The molecular formula is C24H28N4O4. The second-order valence-electron chi connectivity index (χ2n) is 8.82. The van der Waals surface area contributed by atoms with Crippen molar-refractivity contribution in [2.45, 2.75) is 31.7 Å². The summed E-state index contributed by atoms with van der Waals surface area (Å²) in [4.78, 5) is 37.8. The van der Waals surface area contributed by atoms with Crippen LogP contribution in [-0.2, 0) is 17.8 Å². The molecule has 168 valence electrons. The zero-order valence-electron chi connectivity index (χ0n) is 18.5. The summed E-state index contributed by atoms with van der Waals surface area (Å²) in [5, 5.41) is 0. The summed E-state index contributed by atoms with van der Waals surface area (Å²) in [6.07, 6.45) is 4.45. The van der Waals surface area contributed by atoms with Crippen molar-refractivity contribution in [2.75, 3.05) is 40.4 Å². The Morgan fingerprint density at radius 3 is 3.03 bits per heavy atom. The molecule has 0 aliphatic carbocycles. The minimum Gasteiger partial charge on any atom is -0.497 e. The van der Waals surface area contributed by atoms with Crippen molar-refractivity contribution >= 4 is 12.0 Å². The second kappa shape index (κ2) is 8.43. The van der Waals surface area contributed by atoms with Crippen LogP contribution in [0.25, 0.3) is 6.08 Å². The summed E-state index contributed by atoms with van der Waals surface area (Å²) in [6.45, 7) is 3.02. The number of likely N-dealkylation sites (tertiary alicyclic amines) is 1. The van der Waals surface area contributed by atoms with Crippen LogP contribution in [0.5, 0.6) is 11.5 Å². The van der Waals surface area contributed by atoms with E-state index in [-0.39, 0.29) is 24.0 Å². The molecule has 1 saturated heterocycles. The lowest BCUT2D eigenvalue weighted by molar-refractivity contribution is -0.128. The average Bonchev–Trinajstić information content (AvgIpc) is 2.83. The minimum atomic E-state index is -0.0473. The lowest BCUT2D eigenvalue weighted by Crippen LogP contribution is -2.42. The second-order valence-corrected chi connectivity index (χ2v) is 8.82. The molecule has 1 aromatic heterocycles. The number of methoxy groups -OCH3 is 1. The van der Waals surface area contributed by atoms with Gasteiger partial charge in [-0.2, -0.15) is 0 Å². The molecule has 2 aromatic rings. The molecule has 32 heavy (non-hydrogen) atoms. The number of likely N-dealkylation sites (N-methyl/N-ethyl adjacent to an activating group) is 1. The van der Waals surface area contributed by atoms with Crippen LogP contribution in [0.3, 0.4) is 0 Å². The summed E-state index contributed by atoms with van der Waals surface area (Å²) in [5.74, 6) is 2.19. The highest BCUT2D eigenvalue weighted by atomic mass is 16.5. The van der Waals surface area contributed by atoms with Crippen LogP contribution in [-0.4, -0.2) is 66.1 Å². The quantitative estimate of drug-likeness (QED) is 0.791. The maximum atomic E-state index is 13.3. The van der Waals surface area contributed by atoms with Gasteiger partial charge in [-0.3, -0.25) is 9.59 Å². The van der Waals surface area contributed by atoms with Crippen molar-refractivity contribution in [1.82, 2.24) is 19.8 Å². The number of fused-ring (bicyclic) bond motifs is 2. The first kappa shape index (κ1) is 20.8. The van der Waals surface area contributed by atoms with Gasteiger partial charge in [0.1, 0.15) is 23.9 Å². The molecule has 4 heterocycles. The topological polar surface area (TPSA) is 87.8 Å². The molecule has 1 atom stereocenters. The molecule has 1 N–H and O–H groups in total. The largest absolute Gasteiger partial charge is 0.497 e. The van der Waals surface area contributed by atoms with Gasteiger partial charge in [-0.25, -0.2) is 4.98 Å². The fourth-order valence-corrected chi connectivity index (χ4v) is 4.77. The number of benzene rings is 1. The van der Waals surface area contributed by atoms with Crippen LogP contribution in [0, 0.1) is 0 Å². The molecule has 8 heteroatoms. The van der Waals surface area contributed by atoms with Crippen LogP contribution >= 0.6 is 0 Å². The van der Waals surface area contributed by atoms with E-state index in [0.29, 0.717) is 31.0 Å². The summed E-state index contributed by atoms with van der Waals surface area (Å²) < 4.78 is 11.1. The van der Waals surface area contributed by atoms with Crippen LogP contribution in [0.4, 0.5) is 0 Å². The van der Waals surface area contributed by atoms with Gasteiger partial charge in [0.15, 0.2) is 0 Å². The van der Waals surface area contributed by atoms with Gasteiger partial charge in [0.2, 0.25) is 0 Å². The molecule has 1 aromatic carbocycles. The van der Waals surface area contributed by atoms with Crippen LogP contribution in [0.2, 0.25) is 0 Å². The minimum absolute atomic E-state index is 0.0231. The van der Waals surface area contributed by atoms with Crippen molar-refractivity contribution in [3.8, 4) is 11.5 Å². The molecule has 0 saturated carbocycles. The molecule has 1 fully saturated rings. The normalized spacial score (nSPS) is 20.6. The van der Waals surface area contributed by atoms with E-state index in [1.54, 1.807) is 7.11 Å². The van der Waals surface area contributed by atoms with E-state index in [9.17, 15) is 9.59 Å². The zero-order valence-corrected chi connectivity index (χ0v) is 18.5. The zero-order chi connectivity index (χ0) is 22.2. The predicted molar refractivity (Wildman–Crippen MR) is 120 cm³/mol. The first-order chi connectivity index (χ1) is 15.5. The fraction of sp³-hybridized carbons (Fsp3) is 0.458. The van der Waals surface area contributed by atoms with Gasteiger partial charge in [0.05, 0.1) is 23.9 Å². The number of piperidine rings is 1. The Bertz CT molecular complexity index is 1140. The van der Waals surface area contributed by atoms with E-state index >= 15 is 0 Å². The lowest BCUT2D eigenvalue weighted by atomic mass is 9.95. The molecule has 0 bridgehead atoms. The number of amides is 1. The van der Waals surface area contributed by atoms with Crippen molar-refractivity contribution in [3.63, 3.8) is 0 Å². The summed E-state index contributed by atoms with van der Waals surface area (Å²) in [7, 11) is 3.63. The van der Waals surface area contributed by atoms with Gasteiger partial charge in [0, 0.05) is 44.1 Å². The number of H-pyrrole nitrogens is 1. The number of ether oxygens (including phenoxy) is 2. The number of rotatable bonds is 3. The molecule has 1 unspecified atom stereocenters. The van der Waals surface area contributed by atoms with Gasteiger partial charge in [-0.1, -0.05) is 0 Å². The van der Waals surface area contributed by atoms with Gasteiger partial charge in [-0.15, -0.1) is 0 Å². The number of carbonyl (C=O) groups excluding carboxylic acids is 1. The smallest absolute Gasteiger partial charge is 0.255 e. The number of hydrogen-bond donors (Lipinski definition) is 1. The molecule has 8 nitrogen and oxygen atoms in total. The summed E-state index contributed by atoms with van der Waals surface area (Å²) in [5.41, 5.74) is 3.09. The van der Waals surface area contributed by atoms with Crippen molar-refractivity contribution < 1.29 is 14.3 Å². The van der Waals surface area contributed by atoms with Crippen LogP contribution in [0.1, 0.15) is 41.4 Å². The monoisotopic (exact) mass is 436 g/mol. The third-order valence-electron chi connectivity index (χ3n) is 6.58. The molecule has 0 radical (unpaired) electrons. The lowest BCUT2D eigenvalue weighted by Gasteiger charge is -2.34. The maximum absolute atomic E-state index is 13.3. The Hall–Kier alpha value is -3.13. The van der Waals surface area contributed by atoms with E-state index in [1.165, 1.54) is 0 Å². The van der Waals surface area contributed by atoms with Crippen molar-refractivity contribution in [2.24, 2.45) is 0 Å². The molecule has 5 rings (SSSR count). The standard InChI is InChI=1S/C24H28N4O4/c1-27-9-7-20-19(13-27)23(29)26-22(25-20)15-4-3-8-28(12-15)24(30)17-10-16-11-18(31-2)5-6-21(16)32-14-17/h5-6,10-11,15H,3-4,7-9,12-14H2,1-2H3,(H,25,26,29). The average molecular weight is 437 g/mol. The van der Waals surface area contributed by atoms with Gasteiger partial charge < -0.3 is 24.3 Å². The van der Waals surface area contributed by atoms with E-state index in [2.05, 4.69) is 9.88 Å². The number of aromatic nitrogens is 2. The van der Waals surface area contributed by atoms with Crippen molar-refractivity contribution in [1.29, 1.82) is 0 Å². The highest BCUT2D eigenvalue weighted by molar-refractivity contribution is 5.99. The number of aromatic amines is 1. The van der Waals surface area contributed by atoms with Gasteiger partial charge in [0.25, 0.3) is 11.5 Å². The number of nitrogens with zero attached hydrogens (tertiary/aromatic N) is 3. The molecular weight excluding hydrogens is 408 g/mol. The van der Waals surface area contributed by atoms with E-state index in [4.69, 9.17) is 14.5 Å². The Morgan fingerprint density at radius 1 is 1.31 bits per heavy atom. The third-order valence-corrected chi connectivity index (χ3v) is 6.58. The van der Waals surface area contributed by atoms with E-state index in [0.717, 1.165) is 54.1 Å². The highest BCUT2D eigenvalue weighted by Crippen LogP contribution is 2.32. The summed E-state index contributed by atoms with van der Waals surface area (Å²) >= 11 is 0.